The standard InChI is InChI=1S/C12H11F3N4O3/c1-18-9-6(2-3-7(17-9)12(13,14)15)10(21)19(11(18)22)5-4-8(16)20/h2-3H,4-5H2,1H3,(H2,16,20). The Morgan fingerprint density at radius 1 is 1.32 bits per heavy atom. The molecule has 0 radical (unpaired) electrons. The van der Waals surface area contributed by atoms with E-state index in [-0.39, 0.29) is 24.0 Å². The van der Waals surface area contributed by atoms with Crippen molar-refractivity contribution in [3.8, 4) is 0 Å². The zero-order valence-corrected chi connectivity index (χ0v) is 11.3. The Kier molecular flexibility index (Phi) is 3.77. The SMILES string of the molecule is Cn1c(=O)n(CCC(N)=O)c(=O)c2ccc(C(F)(F)F)nc21. The van der Waals surface area contributed by atoms with E-state index in [1.165, 1.54) is 7.05 Å². The van der Waals surface area contributed by atoms with Gasteiger partial charge >= 0.3 is 11.9 Å². The number of aromatic nitrogens is 3. The number of hydrogen-bond donors (Lipinski definition) is 1. The van der Waals surface area contributed by atoms with Crippen LogP contribution in [0, 0.1) is 0 Å². The Morgan fingerprint density at radius 3 is 2.50 bits per heavy atom. The first-order valence-electron chi connectivity index (χ1n) is 6.09. The molecule has 0 fully saturated rings. The fraction of sp³-hybridized carbons (Fsp3) is 0.333. The zero-order valence-electron chi connectivity index (χ0n) is 11.3. The highest BCUT2D eigenvalue weighted by Gasteiger charge is 2.33. The molecular weight excluding hydrogens is 305 g/mol. The number of primary amides is 1. The summed E-state index contributed by atoms with van der Waals surface area (Å²) in [6.45, 7) is -0.252. The molecule has 10 heteroatoms. The van der Waals surface area contributed by atoms with E-state index in [4.69, 9.17) is 5.73 Å². The number of aryl methyl sites for hydroxylation is 1. The minimum atomic E-state index is -4.69. The van der Waals surface area contributed by atoms with E-state index in [0.29, 0.717) is 6.07 Å². The number of hydrogen-bond acceptors (Lipinski definition) is 4. The number of amides is 1. The number of fused-ring (bicyclic) bond motifs is 1. The maximum absolute atomic E-state index is 12.7. The maximum atomic E-state index is 12.7. The smallest absolute Gasteiger partial charge is 0.370 e. The Hall–Kier alpha value is -2.65. The normalized spacial score (nSPS) is 11.8. The summed E-state index contributed by atoms with van der Waals surface area (Å²) < 4.78 is 39.5. The van der Waals surface area contributed by atoms with Gasteiger partial charge < -0.3 is 5.73 Å². The van der Waals surface area contributed by atoms with Crippen molar-refractivity contribution >= 4 is 16.9 Å². The highest BCUT2D eigenvalue weighted by atomic mass is 19.4. The quantitative estimate of drug-likeness (QED) is 0.860. The number of alkyl halides is 3. The second-order valence-corrected chi connectivity index (χ2v) is 4.58. The van der Waals surface area contributed by atoms with Gasteiger partial charge in [0.05, 0.1) is 5.39 Å². The number of rotatable bonds is 3. The van der Waals surface area contributed by atoms with Crippen molar-refractivity contribution in [3.05, 3.63) is 38.7 Å². The van der Waals surface area contributed by atoms with E-state index in [1.54, 1.807) is 0 Å². The third kappa shape index (κ3) is 2.71. The van der Waals surface area contributed by atoms with Gasteiger partial charge in [0.15, 0.2) is 0 Å². The van der Waals surface area contributed by atoms with Crippen molar-refractivity contribution in [2.45, 2.75) is 19.1 Å². The first kappa shape index (κ1) is 15.7. The molecule has 0 unspecified atom stereocenters. The van der Waals surface area contributed by atoms with Gasteiger partial charge in [-0.05, 0) is 12.1 Å². The summed E-state index contributed by atoms with van der Waals surface area (Å²) in [7, 11) is 1.19. The van der Waals surface area contributed by atoms with Crippen LogP contribution in [0.1, 0.15) is 12.1 Å². The van der Waals surface area contributed by atoms with Crippen LogP contribution in [0.4, 0.5) is 13.2 Å². The van der Waals surface area contributed by atoms with Crippen molar-refractivity contribution < 1.29 is 18.0 Å². The fourth-order valence-electron chi connectivity index (χ4n) is 1.95. The Labute approximate surface area is 120 Å². The third-order valence-corrected chi connectivity index (χ3v) is 3.06. The van der Waals surface area contributed by atoms with Crippen LogP contribution in [0.25, 0.3) is 11.0 Å². The maximum Gasteiger partial charge on any atom is 0.433 e. The van der Waals surface area contributed by atoms with E-state index < -0.39 is 29.0 Å². The average Bonchev–Trinajstić information content (AvgIpc) is 2.43. The molecular formula is C12H11F3N4O3. The van der Waals surface area contributed by atoms with Crippen molar-refractivity contribution in [2.75, 3.05) is 0 Å². The van der Waals surface area contributed by atoms with Crippen molar-refractivity contribution in [2.24, 2.45) is 12.8 Å². The number of carbonyl (C=O) groups excluding carboxylic acids is 1. The summed E-state index contributed by atoms with van der Waals surface area (Å²) in [5.41, 5.74) is 1.69. The van der Waals surface area contributed by atoms with E-state index in [2.05, 4.69) is 4.98 Å². The third-order valence-electron chi connectivity index (χ3n) is 3.06. The lowest BCUT2D eigenvalue weighted by Gasteiger charge is -2.11. The van der Waals surface area contributed by atoms with Gasteiger partial charge in [-0.1, -0.05) is 0 Å². The van der Waals surface area contributed by atoms with Crippen LogP contribution in [0.2, 0.25) is 0 Å². The van der Waals surface area contributed by atoms with Crippen LogP contribution >= 0.6 is 0 Å². The molecule has 0 aliphatic heterocycles. The van der Waals surface area contributed by atoms with Crippen molar-refractivity contribution in [1.29, 1.82) is 0 Å². The van der Waals surface area contributed by atoms with Crippen molar-refractivity contribution in [1.82, 2.24) is 14.1 Å². The van der Waals surface area contributed by atoms with E-state index in [1.807, 2.05) is 0 Å². The molecule has 2 aromatic rings. The largest absolute Gasteiger partial charge is 0.433 e. The number of carbonyl (C=O) groups is 1. The highest BCUT2D eigenvalue weighted by Crippen LogP contribution is 2.28. The Bertz CT molecular complexity index is 867. The highest BCUT2D eigenvalue weighted by molar-refractivity contribution is 5.75. The first-order valence-corrected chi connectivity index (χ1v) is 6.09. The Morgan fingerprint density at radius 2 is 1.95 bits per heavy atom. The average molecular weight is 316 g/mol. The predicted octanol–water partition coefficient (Wildman–Crippen LogP) is -0.0106. The lowest BCUT2D eigenvalue weighted by atomic mass is 10.2. The second-order valence-electron chi connectivity index (χ2n) is 4.58. The van der Waals surface area contributed by atoms with Gasteiger partial charge in [0, 0.05) is 20.0 Å². The molecule has 2 N–H and O–H groups in total. The van der Waals surface area contributed by atoms with Gasteiger partial charge in [-0.3, -0.25) is 18.7 Å². The van der Waals surface area contributed by atoms with Gasteiger partial charge in [0.2, 0.25) is 5.91 Å². The zero-order chi connectivity index (χ0) is 16.7. The summed E-state index contributed by atoms with van der Waals surface area (Å²) in [6, 6.07) is 1.61. The minimum Gasteiger partial charge on any atom is -0.370 e. The molecule has 0 saturated carbocycles. The van der Waals surface area contributed by atoms with Crippen LogP contribution in [0.5, 0.6) is 0 Å². The molecule has 22 heavy (non-hydrogen) atoms. The first-order chi connectivity index (χ1) is 10.1. The summed E-state index contributed by atoms with van der Waals surface area (Å²) >= 11 is 0. The van der Waals surface area contributed by atoms with Crippen molar-refractivity contribution in [3.63, 3.8) is 0 Å². The van der Waals surface area contributed by atoms with Gasteiger partial charge in [-0.2, -0.15) is 13.2 Å². The van der Waals surface area contributed by atoms with Crippen LogP contribution in [0.3, 0.4) is 0 Å². The van der Waals surface area contributed by atoms with Crippen LogP contribution in [0.15, 0.2) is 21.7 Å². The molecule has 1 amide bonds. The van der Waals surface area contributed by atoms with Crippen LogP contribution in [-0.4, -0.2) is 20.0 Å². The summed E-state index contributed by atoms with van der Waals surface area (Å²) in [5.74, 6) is -0.709. The van der Waals surface area contributed by atoms with Gasteiger partial charge in [-0.15, -0.1) is 0 Å². The topological polar surface area (TPSA) is 100.0 Å². The van der Waals surface area contributed by atoms with Gasteiger partial charge in [0.25, 0.3) is 5.56 Å². The molecule has 0 saturated heterocycles. The molecule has 2 rings (SSSR count). The second kappa shape index (κ2) is 5.28. The van der Waals surface area contributed by atoms with E-state index in [9.17, 15) is 27.6 Å². The fourth-order valence-corrected chi connectivity index (χ4v) is 1.95. The monoisotopic (exact) mass is 316 g/mol. The van der Waals surface area contributed by atoms with E-state index in [0.717, 1.165) is 15.2 Å². The minimum absolute atomic E-state index is 0.153. The molecule has 0 spiro atoms. The summed E-state index contributed by atoms with van der Waals surface area (Å²) in [5, 5.41) is -0.153. The van der Waals surface area contributed by atoms with Crippen LogP contribution in [-0.2, 0) is 24.6 Å². The molecule has 0 aliphatic rings. The molecule has 2 aromatic heterocycles. The predicted molar refractivity (Wildman–Crippen MR) is 70.1 cm³/mol. The molecule has 118 valence electrons. The van der Waals surface area contributed by atoms with Gasteiger partial charge in [-0.25, -0.2) is 9.78 Å². The Balaban J connectivity index is 2.73. The summed E-state index contributed by atoms with van der Waals surface area (Å²) in [6.07, 6.45) is -4.93. The molecule has 0 atom stereocenters. The number of nitrogens with two attached hydrogens (primary N) is 1. The molecule has 0 aromatic carbocycles. The van der Waals surface area contributed by atoms with Crippen LogP contribution < -0.4 is 17.0 Å². The molecule has 7 nitrogen and oxygen atoms in total. The summed E-state index contributed by atoms with van der Waals surface area (Å²) in [4.78, 5) is 38.3. The lowest BCUT2D eigenvalue weighted by Crippen LogP contribution is -2.40. The lowest BCUT2D eigenvalue weighted by molar-refractivity contribution is -0.141. The molecule has 0 aliphatic carbocycles. The van der Waals surface area contributed by atoms with E-state index >= 15 is 0 Å². The molecule has 2 heterocycles. The van der Waals surface area contributed by atoms with Gasteiger partial charge in [0.1, 0.15) is 11.3 Å². The molecule has 0 bridgehead atoms. The number of nitrogens with zero attached hydrogens (tertiary/aromatic N) is 3. The number of halogens is 3. The number of pyridine rings is 1.